The summed E-state index contributed by atoms with van der Waals surface area (Å²) >= 11 is 0. The van der Waals surface area contributed by atoms with Crippen LogP contribution in [0.25, 0.3) is 0 Å². The lowest BCUT2D eigenvalue weighted by Crippen LogP contribution is -2.51. The van der Waals surface area contributed by atoms with E-state index in [1.165, 1.54) is 17.7 Å². The monoisotopic (exact) mass is 293 g/mol. The van der Waals surface area contributed by atoms with Crippen molar-refractivity contribution in [3.8, 4) is 0 Å². The molecule has 116 valence electrons. The van der Waals surface area contributed by atoms with Crippen LogP contribution in [-0.4, -0.2) is 55.6 Å². The van der Waals surface area contributed by atoms with Gasteiger partial charge in [-0.1, -0.05) is 12.1 Å². The summed E-state index contributed by atoms with van der Waals surface area (Å²) in [4.78, 5) is 15.7. The predicted molar refractivity (Wildman–Crippen MR) is 81.8 cm³/mol. The lowest BCUT2D eigenvalue weighted by atomic mass is 10.1. The molecule has 1 aromatic carbocycles. The van der Waals surface area contributed by atoms with Crippen molar-refractivity contribution in [1.29, 1.82) is 0 Å². The van der Waals surface area contributed by atoms with E-state index >= 15 is 0 Å². The first-order valence-electron chi connectivity index (χ1n) is 7.62. The number of halogens is 1. The Morgan fingerprint density at radius 3 is 2.43 bits per heavy atom. The number of rotatable bonds is 5. The molecule has 1 heterocycles. The Morgan fingerprint density at radius 1 is 1.14 bits per heavy atom. The number of unbranched alkanes of at least 4 members (excludes halogenated alkanes) is 1. The molecule has 1 fully saturated rings. The zero-order valence-electron chi connectivity index (χ0n) is 12.6. The lowest BCUT2D eigenvalue weighted by Gasteiger charge is -2.34. The van der Waals surface area contributed by atoms with Crippen LogP contribution in [-0.2, 0) is 6.42 Å². The molecule has 0 bridgehead atoms. The molecule has 5 heteroatoms. The van der Waals surface area contributed by atoms with Crippen molar-refractivity contribution in [3.63, 3.8) is 0 Å². The van der Waals surface area contributed by atoms with E-state index in [1.54, 1.807) is 7.05 Å². The predicted octanol–water partition coefficient (Wildman–Crippen LogP) is 2.11. The van der Waals surface area contributed by atoms with E-state index in [-0.39, 0.29) is 11.8 Å². The van der Waals surface area contributed by atoms with Crippen molar-refractivity contribution in [3.05, 3.63) is 35.6 Å². The van der Waals surface area contributed by atoms with Gasteiger partial charge < -0.3 is 10.2 Å². The first-order chi connectivity index (χ1) is 10.2. The van der Waals surface area contributed by atoms with Gasteiger partial charge in [0.2, 0.25) is 0 Å². The Bertz CT molecular complexity index is 441. The number of hydrogen-bond donors (Lipinski definition) is 1. The summed E-state index contributed by atoms with van der Waals surface area (Å²) in [5, 5.41) is 2.67. The molecule has 0 atom stereocenters. The average Bonchev–Trinajstić information content (AvgIpc) is 2.53. The summed E-state index contributed by atoms with van der Waals surface area (Å²) in [5.74, 6) is -0.173. The number of benzene rings is 1. The van der Waals surface area contributed by atoms with Crippen LogP contribution in [0.2, 0.25) is 0 Å². The molecule has 0 saturated carbocycles. The molecule has 0 aromatic heterocycles. The van der Waals surface area contributed by atoms with Gasteiger partial charge in [-0.05, 0) is 43.5 Å². The topological polar surface area (TPSA) is 35.6 Å². The number of nitrogens with one attached hydrogen (secondary N) is 1. The highest BCUT2D eigenvalue weighted by Crippen LogP contribution is 2.09. The van der Waals surface area contributed by atoms with Crippen LogP contribution in [0.4, 0.5) is 9.18 Å². The van der Waals surface area contributed by atoms with Crippen molar-refractivity contribution in [2.45, 2.75) is 19.3 Å². The fourth-order valence-corrected chi connectivity index (χ4v) is 2.65. The van der Waals surface area contributed by atoms with Gasteiger partial charge in [-0.15, -0.1) is 0 Å². The molecule has 0 unspecified atom stereocenters. The zero-order valence-corrected chi connectivity index (χ0v) is 12.6. The molecule has 1 saturated heterocycles. The number of piperazine rings is 1. The van der Waals surface area contributed by atoms with E-state index in [1.807, 2.05) is 17.0 Å². The molecule has 2 rings (SSSR count). The highest BCUT2D eigenvalue weighted by Gasteiger charge is 2.19. The molecule has 1 aliphatic rings. The molecule has 2 amide bonds. The highest BCUT2D eigenvalue weighted by molar-refractivity contribution is 5.73. The first-order valence-corrected chi connectivity index (χ1v) is 7.62. The van der Waals surface area contributed by atoms with Crippen molar-refractivity contribution in [2.24, 2.45) is 0 Å². The molecule has 0 aliphatic carbocycles. The van der Waals surface area contributed by atoms with Gasteiger partial charge in [0.25, 0.3) is 0 Å². The number of aryl methyl sites for hydroxylation is 1. The Kier molecular flexibility index (Phi) is 5.99. The third-order valence-corrected chi connectivity index (χ3v) is 3.98. The third kappa shape index (κ3) is 5.01. The Balaban J connectivity index is 1.60. The van der Waals surface area contributed by atoms with Gasteiger partial charge in [-0.3, -0.25) is 4.90 Å². The standard InChI is InChI=1S/C16H24FN3O/c1-18-16(21)20-12-10-19(11-13-20)9-3-2-4-14-5-7-15(17)8-6-14/h5-8H,2-4,9-13H2,1H3,(H,18,21). The van der Waals surface area contributed by atoms with Crippen molar-refractivity contribution in [1.82, 2.24) is 15.1 Å². The Hall–Kier alpha value is -1.62. The SMILES string of the molecule is CNC(=O)N1CCN(CCCCc2ccc(F)cc2)CC1. The molecule has 4 nitrogen and oxygen atoms in total. The van der Waals surface area contributed by atoms with Crippen LogP contribution in [0, 0.1) is 5.82 Å². The van der Waals surface area contributed by atoms with E-state index in [9.17, 15) is 9.18 Å². The first kappa shape index (κ1) is 15.8. The lowest BCUT2D eigenvalue weighted by molar-refractivity contribution is 0.139. The maximum absolute atomic E-state index is 12.8. The number of urea groups is 1. The minimum Gasteiger partial charge on any atom is -0.341 e. The minimum atomic E-state index is -0.173. The summed E-state index contributed by atoms with van der Waals surface area (Å²) in [6.07, 6.45) is 3.25. The number of hydrogen-bond acceptors (Lipinski definition) is 2. The second-order valence-corrected chi connectivity index (χ2v) is 5.47. The van der Waals surface area contributed by atoms with E-state index in [4.69, 9.17) is 0 Å². The van der Waals surface area contributed by atoms with Gasteiger partial charge in [0.05, 0.1) is 0 Å². The van der Waals surface area contributed by atoms with Crippen LogP contribution in [0.1, 0.15) is 18.4 Å². The van der Waals surface area contributed by atoms with Gasteiger partial charge in [0, 0.05) is 33.2 Å². The molecule has 0 radical (unpaired) electrons. The van der Waals surface area contributed by atoms with Gasteiger partial charge >= 0.3 is 6.03 Å². The number of nitrogens with zero attached hydrogens (tertiary/aromatic N) is 2. The van der Waals surface area contributed by atoms with Gasteiger partial charge in [0.15, 0.2) is 0 Å². The number of amides is 2. The summed E-state index contributed by atoms with van der Waals surface area (Å²) in [6.45, 7) is 4.58. The molecule has 1 aliphatic heterocycles. The third-order valence-electron chi connectivity index (χ3n) is 3.98. The van der Waals surface area contributed by atoms with E-state index < -0.39 is 0 Å². The summed E-state index contributed by atoms with van der Waals surface area (Å²) < 4.78 is 12.8. The van der Waals surface area contributed by atoms with Crippen LogP contribution in [0.5, 0.6) is 0 Å². The Morgan fingerprint density at radius 2 is 1.81 bits per heavy atom. The average molecular weight is 293 g/mol. The minimum absolute atomic E-state index is 0.0194. The Labute approximate surface area is 125 Å². The number of carbonyl (C=O) groups excluding carboxylic acids is 1. The van der Waals surface area contributed by atoms with Crippen molar-refractivity contribution >= 4 is 6.03 Å². The molecule has 21 heavy (non-hydrogen) atoms. The van der Waals surface area contributed by atoms with Crippen LogP contribution in [0.15, 0.2) is 24.3 Å². The fraction of sp³-hybridized carbons (Fsp3) is 0.562. The van der Waals surface area contributed by atoms with Crippen LogP contribution in [0.3, 0.4) is 0 Å². The summed E-state index contributed by atoms with van der Waals surface area (Å²) in [5.41, 5.74) is 1.20. The highest BCUT2D eigenvalue weighted by atomic mass is 19.1. The van der Waals surface area contributed by atoms with Crippen LogP contribution >= 0.6 is 0 Å². The smallest absolute Gasteiger partial charge is 0.317 e. The van der Waals surface area contributed by atoms with E-state index in [0.717, 1.165) is 52.0 Å². The maximum Gasteiger partial charge on any atom is 0.317 e. The van der Waals surface area contributed by atoms with Gasteiger partial charge in [-0.25, -0.2) is 9.18 Å². The number of carbonyl (C=O) groups is 1. The normalized spacial score (nSPS) is 16.0. The largest absolute Gasteiger partial charge is 0.341 e. The molecular formula is C16H24FN3O. The molecular weight excluding hydrogens is 269 g/mol. The molecule has 0 spiro atoms. The van der Waals surface area contributed by atoms with E-state index in [2.05, 4.69) is 10.2 Å². The second kappa shape index (κ2) is 7.98. The molecule has 1 aromatic rings. The fourth-order valence-electron chi connectivity index (χ4n) is 2.65. The molecule has 1 N–H and O–H groups in total. The zero-order chi connectivity index (χ0) is 15.1. The summed E-state index contributed by atoms with van der Waals surface area (Å²) in [6, 6.07) is 6.78. The van der Waals surface area contributed by atoms with Crippen molar-refractivity contribution in [2.75, 3.05) is 39.8 Å². The van der Waals surface area contributed by atoms with Crippen LogP contribution < -0.4 is 5.32 Å². The van der Waals surface area contributed by atoms with E-state index in [0.29, 0.717) is 0 Å². The van der Waals surface area contributed by atoms with Crippen molar-refractivity contribution < 1.29 is 9.18 Å². The maximum atomic E-state index is 12.8. The quantitative estimate of drug-likeness (QED) is 0.844. The van der Waals surface area contributed by atoms with Gasteiger partial charge in [0.1, 0.15) is 5.82 Å². The summed E-state index contributed by atoms with van der Waals surface area (Å²) in [7, 11) is 1.67. The second-order valence-electron chi connectivity index (χ2n) is 5.47. The van der Waals surface area contributed by atoms with Gasteiger partial charge in [-0.2, -0.15) is 0 Å².